The van der Waals surface area contributed by atoms with Crippen LogP contribution in [0.2, 0.25) is 0 Å². The van der Waals surface area contributed by atoms with Crippen molar-refractivity contribution >= 4 is 5.97 Å². The molecule has 3 rings (SSSR count). The summed E-state index contributed by atoms with van der Waals surface area (Å²) in [6.07, 6.45) is 4.77. The van der Waals surface area contributed by atoms with E-state index in [-0.39, 0.29) is 12.6 Å². The number of unbranched alkanes of at least 4 members (excludes halogenated alkanes) is 3. The standard InChI is InChI=1S/C34H44O6/c1-2-3-4-14-21-33(35)39-28-26-37-24-22-36-23-25-38-27-29-40-34(30-15-8-5-9-16-30,31-17-10-6-11-18-31)32-19-12-7-13-20-32/h5-13,15-20H,2-4,14,21-29H2,1H3. The predicted octanol–water partition coefficient (Wildman–Crippen LogP) is 6.56. The van der Waals surface area contributed by atoms with Crippen LogP contribution in [0, 0.1) is 0 Å². The van der Waals surface area contributed by atoms with E-state index >= 15 is 0 Å². The smallest absolute Gasteiger partial charge is 0.305 e. The Morgan fingerprint density at radius 3 is 1.43 bits per heavy atom. The van der Waals surface area contributed by atoms with Crippen LogP contribution in [0.25, 0.3) is 0 Å². The molecule has 0 saturated carbocycles. The number of esters is 1. The van der Waals surface area contributed by atoms with Crippen molar-refractivity contribution < 1.29 is 28.5 Å². The van der Waals surface area contributed by atoms with E-state index in [9.17, 15) is 4.79 Å². The molecule has 0 unspecified atom stereocenters. The molecule has 0 aliphatic carbocycles. The number of carbonyl (C=O) groups is 1. The van der Waals surface area contributed by atoms with Crippen molar-refractivity contribution in [1.29, 1.82) is 0 Å². The second kappa shape index (κ2) is 19.1. The highest BCUT2D eigenvalue weighted by Gasteiger charge is 2.37. The zero-order valence-electron chi connectivity index (χ0n) is 23.8. The number of carbonyl (C=O) groups excluding carboxylic acids is 1. The van der Waals surface area contributed by atoms with E-state index in [2.05, 4.69) is 43.3 Å². The lowest BCUT2D eigenvalue weighted by atomic mass is 9.80. The lowest BCUT2D eigenvalue weighted by molar-refractivity contribution is -0.145. The Morgan fingerprint density at radius 1 is 0.550 bits per heavy atom. The van der Waals surface area contributed by atoms with Gasteiger partial charge in [-0.15, -0.1) is 0 Å². The minimum atomic E-state index is -0.746. The SMILES string of the molecule is CCCCCCC(=O)OCCOCCOCCOCCOC(c1ccccc1)(c1ccccc1)c1ccccc1. The first kappa shape index (κ1) is 31.5. The molecule has 216 valence electrons. The van der Waals surface area contributed by atoms with E-state index in [1.54, 1.807) is 0 Å². The highest BCUT2D eigenvalue weighted by Crippen LogP contribution is 2.40. The molecule has 0 heterocycles. The van der Waals surface area contributed by atoms with Crippen molar-refractivity contribution in [3.8, 4) is 0 Å². The highest BCUT2D eigenvalue weighted by molar-refractivity contribution is 5.69. The molecule has 6 nitrogen and oxygen atoms in total. The van der Waals surface area contributed by atoms with Crippen LogP contribution >= 0.6 is 0 Å². The van der Waals surface area contributed by atoms with Crippen molar-refractivity contribution in [2.45, 2.75) is 44.6 Å². The molecule has 0 aliphatic heterocycles. The van der Waals surface area contributed by atoms with Gasteiger partial charge >= 0.3 is 5.97 Å². The third kappa shape index (κ3) is 10.5. The van der Waals surface area contributed by atoms with Crippen molar-refractivity contribution in [2.24, 2.45) is 0 Å². The van der Waals surface area contributed by atoms with Crippen LogP contribution < -0.4 is 0 Å². The van der Waals surface area contributed by atoms with Crippen molar-refractivity contribution in [3.05, 3.63) is 108 Å². The first-order valence-corrected chi connectivity index (χ1v) is 14.5. The summed E-state index contributed by atoms with van der Waals surface area (Å²) in [4.78, 5) is 11.6. The number of benzene rings is 3. The summed E-state index contributed by atoms with van der Waals surface area (Å²) in [6, 6.07) is 30.9. The van der Waals surface area contributed by atoms with Gasteiger partial charge in [0.25, 0.3) is 0 Å². The quantitative estimate of drug-likeness (QED) is 0.0854. The molecule has 0 amide bonds. The average Bonchev–Trinajstić information content (AvgIpc) is 3.01. The van der Waals surface area contributed by atoms with Gasteiger partial charge in [-0.25, -0.2) is 0 Å². The second-order valence-electron chi connectivity index (χ2n) is 9.50. The maximum atomic E-state index is 11.6. The topological polar surface area (TPSA) is 63.2 Å². The van der Waals surface area contributed by atoms with E-state index in [0.717, 1.165) is 42.4 Å². The predicted molar refractivity (Wildman–Crippen MR) is 157 cm³/mol. The fraction of sp³-hybridized carbons (Fsp3) is 0.441. The Morgan fingerprint density at radius 2 is 0.975 bits per heavy atom. The fourth-order valence-electron chi connectivity index (χ4n) is 4.55. The van der Waals surface area contributed by atoms with Crippen LogP contribution in [-0.2, 0) is 34.1 Å². The molecular formula is C34H44O6. The zero-order valence-corrected chi connectivity index (χ0v) is 23.8. The Bertz CT molecular complexity index is 945. The number of hydrogen-bond acceptors (Lipinski definition) is 6. The van der Waals surface area contributed by atoms with Gasteiger partial charge in [-0.05, 0) is 23.1 Å². The monoisotopic (exact) mass is 548 g/mol. The Hall–Kier alpha value is -3.03. The first-order chi connectivity index (χ1) is 19.8. The normalized spacial score (nSPS) is 11.4. The second-order valence-corrected chi connectivity index (χ2v) is 9.50. The van der Waals surface area contributed by atoms with Crippen molar-refractivity contribution in [2.75, 3.05) is 52.9 Å². The van der Waals surface area contributed by atoms with Gasteiger partial charge in [0.05, 0.1) is 46.2 Å². The fourth-order valence-corrected chi connectivity index (χ4v) is 4.55. The first-order valence-electron chi connectivity index (χ1n) is 14.5. The molecule has 0 aliphatic rings. The van der Waals surface area contributed by atoms with Gasteiger partial charge < -0.3 is 23.7 Å². The largest absolute Gasteiger partial charge is 0.463 e. The van der Waals surface area contributed by atoms with E-state index < -0.39 is 5.60 Å². The summed E-state index contributed by atoms with van der Waals surface area (Å²) in [5.41, 5.74) is 2.46. The minimum Gasteiger partial charge on any atom is -0.463 e. The summed E-state index contributed by atoms with van der Waals surface area (Å²) in [6.45, 7) is 5.52. The maximum absolute atomic E-state index is 11.6. The third-order valence-corrected chi connectivity index (χ3v) is 6.56. The van der Waals surface area contributed by atoms with Gasteiger partial charge in [-0.3, -0.25) is 4.79 Å². The Labute approximate surface area is 239 Å². The van der Waals surface area contributed by atoms with Gasteiger partial charge in [-0.1, -0.05) is 117 Å². The molecule has 0 atom stereocenters. The van der Waals surface area contributed by atoms with Crippen LogP contribution in [0.4, 0.5) is 0 Å². The van der Waals surface area contributed by atoms with E-state index in [1.807, 2.05) is 54.6 Å². The van der Waals surface area contributed by atoms with Crippen LogP contribution in [-0.4, -0.2) is 58.8 Å². The average molecular weight is 549 g/mol. The molecule has 3 aromatic carbocycles. The molecule has 0 fully saturated rings. The summed E-state index contributed by atoms with van der Waals surface area (Å²) in [7, 11) is 0. The van der Waals surface area contributed by atoms with Crippen LogP contribution in [0.3, 0.4) is 0 Å². The summed E-state index contributed by atoms with van der Waals surface area (Å²) < 4.78 is 28.7. The van der Waals surface area contributed by atoms with Crippen molar-refractivity contribution in [1.82, 2.24) is 0 Å². The van der Waals surface area contributed by atoms with Gasteiger partial charge in [0.1, 0.15) is 12.2 Å². The van der Waals surface area contributed by atoms with E-state index in [4.69, 9.17) is 23.7 Å². The third-order valence-electron chi connectivity index (χ3n) is 6.56. The lowest BCUT2D eigenvalue weighted by Crippen LogP contribution is -2.34. The zero-order chi connectivity index (χ0) is 28.1. The summed E-state index contributed by atoms with van der Waals surface area (Å²) >= 11 is 0. The van der Waals surface area contributed by atoms with Gasteiger partial charge in [0, 0.05) is 6.42 Å². The van der Waals surface area contributed by atoms with E-state index in [1.165, 1.54) is 0 Å². The van der Waals surface area contributed by atoms with Crippen LogP contribution in [0.15, 0.2) is 91.0 Å². The number of ether oxygens (including phenoxy) is 5. The van der Waals surface area contributed by atoms with Gasteiger partial charge in [0.15, 0.2) is 0 Å². The van der Waals surface area contributed by atoms with Gasteiger partial charge in [-0.2, -0.15) is 0 Å². The van der Waals surface area contributed by atoms with E-state index in [0.29, 0.717) is 52.7 Å². The maximum Gasteiger partial charge on any atom is 0.305 e. The lowest BCUT2D eigenvalue weighted by Gasteiger charge is -2.36. The Kier molecular flexibility index (Phi) is 15.1. The van der Waals surface area contributed by atoms with Crippen LogP contribution in [0.5, 0.6) is 0 Å². The molecule has 0 saturated heterocycles. The van der Waals surface area contributed by atoms with Gasteiger partial charge in [0.2, 0.25) is 0 Å². The number of rotatable bonds is 21. The molecule has 3 aromatic rings. The molecule has 6 heteroatoms. The molecule has 0 radical (unpaired) electrons. The molecule has 0 spiro atoms. The summed E-state index contributed by atoms with van der Waals surface area (Å²) in [5, 5.41) is 0. The molecule has 40 heavy (non-hydrogen) atoms. The van der Waals surface area contributed by atoms with Crippen LogP contribution in [0.1, 0.15) is 55.7 Å². The molecule has 0 bridgehead atoms. The molecule has 0 aromatic heterocycles. The molecular weight excluding hydrogens is 504 g/mol. The highest BCUT2D eigenvalue weighted by atomic mass is 16.6. The van der Waals surface area contributed by atoms with Crippen molar-refractivity contribution in [3.63, 3.8) is 0 Å². The minimum absolute atomic E-state index is 0.148. The molecule has 0 N–H and O–H groups in total. The summed E-state index contributed by atoms with van der Waals surface area (Å²) in [5.74, 6) is -0.148. The number of hydrogen-bond donors (Lipinski definition) is 0. The Balaban J connectivity index is 1.35.